The standard InChI is InChI=1S/C40H42N4O5/c1-2-3-4-7-28(45)21-29(46)11-8-25-9-15-37-38(19-25)49-40-26(6-5-18-48-37)10-14-36(47)31-12-13-32-30(16-17-42-39(32)41)33(31)20-27-22-43-35-24-44(40)23-34(27)35/h9,12-13,15,17,19,22,24,26,28,36,39-40,45,47H,2-4,6-8,11,16,20-21,23,41H2,1H3. The fourth-order valence-electron chi connectivity index (χ4n) is 7.21. The predicted molar refractivity (Wildman–Crippen MR) is 188 cm³/mol. The third-order valence-corrected chi connectivity index (χ3v) is 9.91. The molecule has 252 valence electrons. The van der Waals surface area contributed by atoms with Gasteiger partial charge in [-0.25, -0.2) is 0 Å². The first-order valence-electron chi connectivity index (χ1n) is 17.4. The van der Waals surface area contributed by atoms with Crippen molar-refractivity contribution in [1.29, 1.82) is 0 Å². The molecule has 5 atom stereocenters. The highest BCUT2D eigenvalue weighted by Crippen LogP contribution is 2.39. The molecule has 5 unspecified atom stereocenters. The number of fused-ring (bicyclic) bond motifs is 7. The van der Waals surface area contributed by atoms with Crippen LogP contribution < -0.4 is 15.2 Å². The highest BCUT2D eigenvalue weighted by molar-refractivity contribution is 5.88. The Morgan fingerprint density at radius 3 is 2.90 bits per heavy atom. The number of Topliss-reactive ketones (excluding diaryl/α,β-unsaturated/α-hetero) is 1. The molecule has 4 N–H and O–H groups in total. The molecule has 9 heteroatoms. The van der Waals surface area contributed by atoms with Crippen molar-refractivity contribution in [3.05, 3.63) is 81.2 Å². The van der Waals surface area contributed by atoms with Crippen molar-refractivity contribution in [2.45, 2.75) is 95.7 Å². The van der Waals surface area contributed by atoms with Crippen LogP contribution in [-0.4, -0.2) is 52.2 Å². The first-order chi connectivity index (χ1) is 23.9. The third-order valence-electron chi connectivity index (χ3n) is 9.91. The fraction of sp³-hybridized carbons (Fsp3) is 0.425. The summed E-state index contributed by atoms with van der Waals surface area (Å²) in [5.74, 6) is 10.2. The van der Waals surface area contributed by atoms with Crippen LogP contribution in [0.25, 0.3) is 0 Å². The van der Waals surface area contributed by atoms with Gasteiger partial charge < -0.3 is 30.3 Å². The van der Waals surface area contributed by atoms with Crippen LogP contribution in [0.1, 0.15) is 92.0 Å². The SMILES string of the molecule is CCCCCC(O)CC(=O)CCc1ccc2c(c1)OC1C(C#CC(O)c3ccc4c(c3CC3=C5CN1C=C5N=C3)CC=NC4N)CC#CO2. The zero-order valence-electron chi connectivity index (χ0n) is 27.8. The number of ketones is 1. The molecule has 0 saturated carbocycles. The highest BCUT2D eigenvalue weighted by Gasteiger charge is 2.36. The van der Waals surface area contributed by atoms with Gasteiger partial charge in [-0.1, -0.05) is 62.1 Å². The molecule has 7 rings (SSSR count). The monoisotopic (exact) mass is 658 g/mol. The number of ether oxygens (including phenoxy) is 2. The molecule has 0 radical (unpaired) electrons. The van der Waals surface area contributed by atoms with E-state index in [0.717, 1.165) is 63.9 Å². The lowest BCUT2D eigenvalue weighted by Gasteiger charge is -2.32. The quantitative estimate of drug-likeness (QED) is 0.256. The molecule has 0 amide bonds. The molecule has 2 aromatic carbocycles. The van der Waals surface area contributed by atoms with E-state index in [1.165, 1.54) is 0 Å². The topological polar surface area (TPSA) is 130 Å². The lowest BCUT2D eigenvalue weighted by molar-refractivity contribution is -0.121. The van der Waals surface area contributed by atoms with Gasteiger partial charge in [0.15, 0.2) is 17.7 Å². The molecule has 5 aliphatic rings. The number of allylic oxidation sites excluding steroid dienone is 1. The lowest BCUT2D eigenvalue weighted by Crippen LogP contribution is -2.41. The summed E-state index contributed by atoms with van der Waals surface area (Å²) in [4.78, 5) is 24.0. The normalized spacial score (nSPS) is 23.5. The Kier molecular flexibility index (Phi) is 9.68. The van der Waals surface area contributed by atoms with E-state index in [-0.39, 0.29) is 12.2 Å². The summed E-state index contributed by atoms with van der Waals surface area (Å²) < 4.78 is 12.6. The van der Waals surface area contributed by atoms with E-state index in [4.69, 9.17) is 20.2 Å². The Morgan fingerprint density at radius 2 is 2.02 bits per heavy atom. The van der Waals surface area contributed by atoms with Gasteiger partial charge in [0, 0.05) is 62.9 Å². The minimum absolute atomic E-state index is 0.0433. The number of nitrogens with zero attached hydrogens (tertiary/aromatic N) is 3. The Morgan fingerprint density at radius 1 is 1.14 bits per heavy atom. The van der Waals surface area contributed by atoms with Crippen molar-refractivity contribution in [3.63, 3.8) is 0 Å². The molecule has 9 nitrogen and oxygen atoms in total. The van der Waals surface area contributed by atoms with Crippen LogP contribution in [0.3, 0.4) is 0 Å². The van der Waals surface area contributed by atoms with Crippen molar-refractivity contribution >= 4 is 18.2 Å². The number of aliphatic hydroxyl groups excluding tert-OH is 2. The molecule has 2 aromatic rings. The Labute approximate surface area is 287 Å². The minimum atomic E-state index is -1.03. The summed E-state index contributed by atoms with van der Waals surface area (Å²) in [5, 5.41) is 21.8. The van der Waals surface area contributed by atoms with Crippen LogP contribution in [0.15, 0.2) is 63.4 Å². The number of aliphatic imine (C=N–C) groups is 2. The van der Waals surface area contributed by atoms with Crippen molar-refractivity contribution in [2.24, 2.45) is 21.6 Å². The van der Waals surface area contributed by atoms with Crippen molar-refractivity contribution in [1.82, 2.24) is 4.90 Å². The van der Waals surface area contributed by atoms with Gasteiger partial charge in [0.1, 0.15) is 24.2 Å². The number of carbonyl (C=O) groups is 1. The smallest absolute Gasteiger partial charge is 0.187 e. The number of nitrogens with two attached hydrogens (primary N) is 1. The van der Waals surface area contributed by atoms with Gasteiger partial charge >= 0.3 is 0 Å². The van der Waals surface area contributed by atoms with Gasteiger partial charge in [-0.3, -0.25) is 14.8 Å². The second kappa shape index (κ2) is 14.4. The van der Waals surface area contributed by atoms with E-state index < -0.39 is 30.5 Å². The molecule has 0 saturated heterocycles. The van der Waals surface area contributed by atoms with Gasteiger partial charge in [-0.05, 0) is 58.4 Å². The molecule has 0 spiro atoms. The number of carbonyl (C=O) groups excluding carboxylic acids is 1. The van der Waals surface area contributed by atoms with E-state index >= 15 is 0 Å². The van der Waals surface area contributed by atoms with E-state index in [1.54, 1.807) is 0 Å². The minimum Gasteiger partial charge on any atom is -0.465 e. The Bertz CT molecular complexity index is 1890. The fourth-order valence-corrected chi connectivity index (χ4v) is 7.21. The average molecular weight is 659 g/mol. The van der Waals surface area contributed by atoms with Gasteiger partial charge in [0.05, 0.1) is 17.7 Å². The first kappa shape index (κ1) is 32.9. The molecular weight excluding hydrogens is 616 g/mol. The van der Waals surface area contributed by atoms with E-state index in [0.29, 0.717) is 56.6 Å². The molecule has 0 fully saturated rings. The van der Waals surface area contributed by atoms with Crippen LogP contribution >= 0.6 is 0 Å². The average Bonchev–Trinajstić information content (AvgIpc) is 3.70. The summed E-state index contributed by atoms with van der Waals surface area (Å²) in [7, 11) is 0. The maximum atomic E-state index is 12.7. The number of aliphatic hydroxyl groups is 2. The zero-order chi connectivity index (χ0) is 33.9. The number of hydrogen-bond donors (Lipinski definition) is 3. The molecule has 5 heterocycles. The summed E-state index contributed by atoms with van der Waals surface area (Å²) in [6.45, 7) is 2.70. The predicted octanol–water partition coefficient (Wildman–Crippen LogP) is 5.00. The Hall–Kier alpha value is -4.67. The maximum absolute atomic E-state index is 12.7. The lowest BCUT2D eigenvalue weighted by atomic mass is 9.85. The molecule has 2 bridgehead atoms. The van der Waals surface area contributed by atoms with Crippen LogP contribution in [0.4, 0.5) is 0 Å². The number of hydrogen-bond acceptors (Lipinski definition) is 9. The Balaban J connectivity index is 1.18. The van der Waals surface area contributed by atoms with E-state index in [1.807, 2.05) is 49.0 Å². The second-order valence-corrected chi connectivity index (χ2v) is 13.4. The van der Waals surface area contributed by atoms with Crippen LogP contribution in [0.2, 0.25) is 0 Å². The van der Waals surface area contributed by atoms with Gasteiger partial charge in [-0.2, -0.15) is 0 Å². The van der Waals surface area contributed by atoms with Crippen molar-refractivity contribution in [2.75, 3.05) is 6.54 Å². The molecule has 5 aliphatic heterocycles. The maximum Gasteiger partial charge on any atom is 0.187 e. The van der Waals surface area contributed by atoms with Crippen LogP contribution in [0.5, 0.6) is 11.5 Å². The molecular formula is C40H42N4O5. The first-order valence-corrected chi connectivity index (χ1v) is 17.4. The molecule has 0 aromatic heterocycles. The third kappa shape index (κ3) is 7.07. The highest BCUT2D eigenvalue weighted by atomic mass is 16.5. The summed E-state index contributed by atoms with van der Waals surface area (Å²) in [6.07, 6.45) is 12.4. The molecule has 0 aliphatic carbocycles. The number of benzene rings is 2. The largest absolute Gasteiger partial charge is 0.465 e. The van der Waals surface area contributed by atoms with E-state index in [2.05, 4.69) is 40.7 Å². The second-order valence-electron chi connectivity index (χ2n) is 13.4. The van der Waals surface area contributed by atoms with Crippen molar-refractivity contribution < 1.29 is 24.5 Å². The number of unbranched alkanes of at least 4 members (excludes halogenated alkanes) is 2. The number of aryl methyl sites for hydroxylation is 1. The summed E-state index contributed by atoms with van der Waals surface area (Å²) in [6, 6.07) is 9.54. The molecule has 49 heavy (non-hydrogen) atoms. The van der Waals surface area contributed by atoms with Crippen molar-refractivity contribution in [3.8, 4) is 35.4 Å². The van der Waals surface area contributed by atoms with Crippen LogP contribution in [-0.2, 0) is 24.1 Å². The zero-order valence-corrected chi connectivity index (χ0v) is 27.8. The van der Waals surface area contributed by atoms with Gasteiger partial charge in [-0.15, -0.1) is 0 Å². The summed E-state index contributed by atoms with van der Waals surface area (Å²) >= 11 is 0. The van der Waals surface area contributed by atoms with Gasteiger partial charge in [0.25, 0.3) is 0 Å². The van der Waals surface area contributed by atoms with Gasteiger partial charge in [0.2, 0.25) is 0 Å². The van der Waals surface area contributed by atoms with E-state index in [9.17, 15) is 15.0 Å². The number of rotatable bonds is 9. The van der Waals surface area contributed by atoms with Crippen LogP contribution in [0, 0.1) is 29.8 Å². The summed E-state index contributed by atoms with van der Waals surface area (Å²) in [5.41, 5.74) is 14.2.